The van der Waals surface area contributed by atoms with Gasteiger partial charge in [-0.1, -0.05) is 40.7 Å². The summed E-state index contributed by atoms with van der Waals surface area (Å²) in [6, 6.07) is 5.98. The fraction of sp³-hybridized carbons (Fsp3) is 0.848. The molecule has 10 atom stereocenters. The van der Waals surface area contributed by atoms with Crippen LogP contribution in [0, 0.1) is 45.3 Å². The molecule has 4 fully saturated rings. The van der Waals surface area contributed by atoms with Crippen LogP contribution >= 0.6 is 0 Å². The zero-order valence-electron chi connectivity index (χ0n) is 24.8. The van der Waals surface area contributed by atoms with Crippen LogP contribution in [0.15, 0.2) is 24.4 Å². The average Bonchev–Trinajstić information content (AvgIpc) is 3.25. The molecule has 0 radical (unpaired) electrons. The number of aromatic nitrogens is 1. The molecule has 4 aliphatic carbocycles. The fourth-order valence-electron chi connectivity index (χ4n) is 10.9. The Morgan fingerprint density at radius 3 is 2.42 bits per heavy atom. The molecule has 0 saturated heterocycles. The maximum absolute atomic E-state index is 11.9. The van der Waals surface area contributed by atoms with E-state index in [-0.39, 0.29) is 45.7 Å². The zero-order valence-corrected chi connectivity index (χ0v) is 24.8. The van der Waals surface area contributed by atoms with Crippen LogP contribution < -0.4 is 5.32 Å². The Hall–Kier alpha value is -1.01. The maximum atomic E-state index is 11.9. The van der Waals surface area contributed by atoms with Gasteiger partial charge in [-0.15, -0.1) is 0 Å². The minimum absolute atomic E-state index is 0.0232. The molecular formula is C33H54N2O3. The lowest BCUT2D eigenvalue weighted by Crippen LogP contribution is -2.66. The number of nitrogens with one attached hydrogen (secondary N) is 1. The number of fused-ring (bicyclic) bond motifs is 5. The molecule has 214 valence electrons. The molecule has 0 aromatic carbocycles. The minimum atomic E-state index is -0.780. The number of hydrogen-bond donors (Lipinski definition) is 4. The highest BCUT2D eigenvalue weighted by Gasteiger charge is 2.71. The van der Waals surface area contributed by atoms with Crippen molar-refractivity contribution in [3.05, 3.63) is 30.1 Å². The molecule has 4 N–H and O–H groups in total. The summed E-state index contributed by atoms with van der Waals surface area (Å²) in [6.45, 7) is 15.7. The summed E-state index contributed by atoms with van der Waals surface area (Å²) in [5.41, 5.74) is 0.495. The van der Waals surface area contributed by atoms with E-state index in [4.69, 9.17) is 0 Å². The van der Waals surface area contributed by atoms with Gasteiger partial charge in [0.25, 0.3) is 0 Å². The van der Waals surface area contributed by atoms with E-state index < -0.39 is 5.60 Å². The topological polar surface area (TPSA) is 85.6 Å². The molecular weight excluding hydrogens is 472 g/mol. The van der Waals surface area contributed by atoms with Gasteiger partial charge in [-0.05, 0) is 129 Å². The first-order valence-electron chi connectivity index (χ1n) is 15.5. The monoisotopic (exact) mass is 526 g/mol. The summed E-state index contributed by atoms with van der Waals surface area (Å²) in [6.07, 6.45) is 10.1. The van der Waals surface area contributed by atoms with Crippen LogP contribution in [-0.2, 0) is 6.54 Å². The second-order valence-corrected chi connectivity index (χ2v) is 15.3. The van der Waals surface area contributed by atoms with Crippen molar-refractivity contribution in [1.82, 2.24) is 10.3 Å². The molecule has 38 heavy (non-hydrogen) atoms. The Bertz CT molecular complexity index is 982. The fourth-order valence-corrected chi connectivity index (χ4v) is 10.9. The van der Waals surface area contributed by atoms with Gasteiger partial charge in [-0.3, -0.25) is 4.98 Å². The predicted octanol–water partition coefficient (Wildman–Crippen LogP) is 5.72. The highest BCUT2D eigenvalue weighted by molar-refractivity contribution is 5.20. The number of pyridine rings is 1. The van der Waals surface area contributed by atoms with E-state index in [0.717, 1.165) is 70.2 Å². The quantitative estimate of drug-likeness (QED) is 0.342. The van der Waals surface area contributed by atoms with Crippen LogP contribution in [0.2, 0.25) is 0 Å². The standard InChI is InChI=1S/C33H54N2O3/c1-29(2)25-12-17-31(4)26(30(25,3)15-13-27(29)37)20-24(36)28-23(11-16-32(28,31)5)33(6,38)14-9-18-34-21-22-10-7-8-19-35-22/h7-8,10,19,23-28,34,36-38H,9,11-18,20-21H2,1-6H3/t23-,24+,25-,26+,27-,28-,30-,31+,32+,33-/m0/s1. The van der Waals surface area contributed by atoms with E-state index in [1.807, 2.05) is 31.3 Å². The minimum Gasteiger partial charge on any atom is -0.393 e. The van der Waals surface area contributed by atoms with Gasteiger partial charge in [0.1, 0.15) is 0 Å². The first-order valence-corrected chi connectivity index (χ1v) is 15.5. The number of rotatable bonds is 7. The Morgan fingerprint density at radius 1 is 0.974 bits per heavy atom. The van der Waals surface area contributed by atoms with Crippen molar-refractivity contribution < 1.29 is 15.3 Å². The van der Waals surface area contributed by atoms with E-state index in [2.05, 4.69) is 44.9 Å². The average molecular weight is 527 g/mol. The van der Waals surface area contributed by atoms with E-state index in [9.17, 15) is 15.3 Å². The third kappa shape index (κ3) is 4.30. The summed E-state index contributed by atoms with van der Waals surface area (Å²) in [4.78, 5) is 4.38. The highest BCUT2D eigenvalue weighted by atomic mass is 16.3. The van der Waals surface area contributed by atoms with Gasteiger partial charge in [-0.2, -0.15) is 0 Å². The van der Waals surface area contributed by atoms with Crippen molar-refractivity contribution >= 4 is 0 Å². The Balaban J connectivity index is 1.30. The van der Waals surface area contributed by atoms with Gasteiger partial charge in [0.15, 0.2) is 0 Å². The summed E-state index contributed by atoms with van der Waals surface area (Å²) >= 11 is 0. The largest absolute Gasteiger partial charge is 0.393 e. The predicted molar refractivity (Wildman–Crippen MR) is 152 cm³/mol. The molecule has 1 aromatic rings. The molecule has 0 unspecified atom stereocenters. The molecule has 1 aromatic heterocycles. The Morgan fingerprint density at radius 2 is 1.71 bits per heavy atom. The number of hydrogen-bond acceptors (Lipinski definition) is 5. The first-order chi connectivity index (χ1) is 17.8. The van der Waals surface area contributed by atoms with Gasteiger partial charge in [0, 0.05) is 12.7 Å². The number of nitrogens with zero attached hydrogens (tertiary/aromatic N) is 1. The Labute approximate surface area is 231 Å². The molecule has 5 heteroatoms. The molecule has 0 aliphatic heterocycles. The van der Waals surface area contributed by atoms with E-state index in [1.54, 1.807) is 0 Å². The molecule has 0 amide bonds. The molecule has 4 saturated carbocycles. The SMILES string of the molecule is CC1(C)[C@@H](O)CC[C@]2(C)[C@H]3C[C@@H](O)[C@@H]4[C@@H]([C@@](C)(O)CCCNCc5ccccn5)CC[C@@]4(C)[C@]3(C)CC[C@@H]12. The number of aliphatic hydroxyl groups excluding tert-OH is 2. The van der Waals surface area contributed by atoms with Crippen molar-refractivity contribution in [1.29, 1.82) is 0 Å². The smallest absolute Gasteiger partial charge is 0.0652 e. The molecule has 1 heterocycles. The maximum Gasteiger partial charge on any atom is 0.0652 e. The lowest BCUT2D eigenvalue weighted by atomic mass is 9.35. The van der Waals surface area contributed by atoms with Gasteiger partial charge >= 0.3 is 0 Å². The van der Waals surface area contributed by atoms with Crippen LogP contribution in [0.25, 0.3) is 0 Å². The number of aliphatic hydroxyl groups is 3. The Kier molecular flexibility index (Phi) is 7.37. The van der Waals surface area contributed by atoms with Crippen molar-refractivity contribution in [3.63, 3.8) is 0 Å². The van der Waals surface area contributed by atoms with E-state index in [1.165, 1.54) is 6.42 Å². The van der Waals surface area contributed by atoms with E-state index in [0.29, 0.717) is 11.8 Å². The van der Waals surface area contributed by atoms with Crippen molar-refractivity contribution in [2.75, 3.05) is 6.54 Å². The molecule has 5 rings (SSSR count). The lowest BCUT2D eigenvalue weighted by Gasteiger charge is -2.70. The molecule has 5 nitrogen and oxygen atoms in total. The summed E-state index contributed by atoms with van der Waals surface area (Å²) in [5, 5.41) is 38.1. The van der Waals surface area contributed by atoms with Crippen molar-refractivity contribution in [3.8, 4) is 0 Å². The van der Waals surface area contributed by atoms with Crippen LogP contribution in [-0.4, -0.2) is 44.7 Å². The van der Waals surface area contributed by atoms with Crippen LogP contribution in [0.4, 0.5) is 0 Å². The van der Waals surface area contributed by atoms with Crippen LogP contribution in [0.5, 0.6) is 0 Å². The van der Waals surface area contributed by atoms with Gasteiger partial charge in [0.2, 0.25) is 0 Å². The van der Waals surface area contributed by atoms with Gasteiger partial charge in [-0.25, -0.2) is 0 Å². The van der Waals surface area contributed by atoms with Crippen LogP contribution in [0.3, 0.4) is 0 Å². The van der Waals surface area contributed by atoms with Gasteiger partial charge in [0.05, 0.1) is 23.5 Å². The molecule has 4 aliphatic rings. The van der Waals surface area contributed by atoms with Crippen molar-refractivity contribution in [2.24, 2.45) is 45.3 Å². The first kappa shape index (κ1) is 28.5. The third-order valence-electron chi connectivity index (χ3n) is 13.2. The second-order valence-electron chi connectivity index (χ2n) is 15.3. The van der Waals surface area contributed by atoms with Crippen LogP contribution in [0.1, 0.15) is 105 Å². The zero-order chi connectivity index (χ0) is 27.6. The lowest BCUT2D eigenvalue weighted by molar-refractivity contribution is -0.246. The second kappa shape index (κ2) is 9.82. The summed E-state index contributed by atoms with van der Waals surface area (Å²) < 4.78 is 0. The third-order valence-corrected chi connectivity index (χ3v) is 13.2. The summed E-state index contributed by atoms with van der Waals surface area (Å²) in [7, 11) is 0. The normalized spacial score (nSPS) is 45.5. The van der Waals surface area contributed by atoms with Gasteiger partial charge < -0.3 is 20.6 Å². The highest BCUT2D eigenvalue weighted by Crippen LogP contribution is 2.75. The molecule has 0 bridgehead atoms. The summed E-state index contributed by atoms with van der Waals surface area (Å²) in [5.74, 6) is 1.22. The van der Waals surface area contributed by atoms with Crippen molar-refractivity contribution in [2.45, 2.75) is 124 Å². The molecule has 0 spiro atoms. The van der Waals surface area contributed by atoms with E-state index >= 15 is 0 Å².